The van der Waals surface area contributed by atoms with Gasteiger partial charge in [0.2, 0.25) is 0 Å². The second kappa shape index (κ2) is 7.50. The van der Waals surface area contributed by atoms with Crippen molar-refractivity contribution in [2.45, 2.75) is 58.0 Å². The van der Waals surface area contributed by atoms with E-state index in [1.165, 1.54) is 4.57 Å². The van der Waals surface area contributed by atoms with Crippen molar-refractivity contribution in [3.63, 3.8) is 0 Å². The van der Waals surface area contributed by atoms with Crippen LogP contribution in [0.4, 0.5) is 0 Å². The maximum Gasteiger partial charge on any atom is 0.329 e. The van der Waals surface area contributed by atoms with Gasteiger partial charge in [-0.05, 0) is 44.2 Å². The van der Waals surface area contributed by atoms with Crippen LogP contribution in [0.25, 0.3) is 11.0 Å². The number of piperidine rings is 1. The first-order valence-electron chi connectivity index (χ1n) is 10.2. The van der Waals surface area contributed by atoms with Gasteiger partial charge in [0.1, 0.15) is 0 Å². The Morgan fingerprint density at radius 1 is 1.32 bits per heavy atom. The summed E-state index contributed by atoms with van der Waals surface area (Å²) in [6.45, 7) is 6.18. The van der Waals surface area contributed by atoms with Crippen molar-refractivity contribution in [2.24, 2.45) is 5.92 Å². The van der Waals surface area contributed by atoms with E-state index in [9.17, 15) is 14.4 Å². The number of amides is 1. The molecule has 8 heteroatoms. The van der Waals surface area contributed by atoms with Crippen molar-refractivity contribution in [1.82, 2.24) is 25.2 Å². The molecule has 2 unspecified atom stereocenters. The number of carbonyl (C=O) groups excluding carboxylic acids is 1. The van der Waals surface area contributed by atoms with Crippen molar-refractivity contribution >= 4 is 16.9 Å². The van der Waals surface area contributed by atoms with E-state index < -0.39 is 11.2 Å². The molecule has 2 aliphatic rings. The second-order valence-corrected chi connectivity index (χ2v) is 8.03. The minimum atomic E-state index is -0.554. The lowest BCUT2D eigenvalue weighted by molar-refractivity contribution is 0.0916. The summed E-state index contributed by atoms with van der Waals surface area (Å²) >= 11 is 0. The molecule has 150 valence electrons. The molecule has 1 saturated heterocycles. The monoisotopic (exact) mass is 385 g/mol. The van der Waals surface area contributed by atoms with Crippen molar-refractivity contribution in [2.75, 3.05) is 13.1 Å². The van der Waals surface area contributed by atoms with Crippen LogP contribution in [0.15, 0.2) is 15.7 Å². The van der Waals surface area contributed by atoms with E-state index in [2.05, 4.69) is 27.5 Å². The molecule has 8 nitrogen and oxygen atoms in total. The number of nitrogens with one attached hydrogen (secondary N) is 3. The minimum Gasteiger partial charge on any atom is -0.348 e. The van der Waals surface area contributed by atoms with Crippen LogP contribution < -0.4 is 21.9 Å². The fourth-order valence-electron chi connectivity index (χ4n) is 3.92. The number of hydrogen-bond donors (Lipinski definition) is 3. The zero-order valence-corrected chi connectivity index (χ0v) is 16.4. The first-order valence-corrected chi connectivity index (χ1v) is 10.2. The van der Waals surface area contributed by atoms with Gasteiger partial charge in [0.05, 0.1) is 10.9 Å². The van der Waals surface area contributed by atoms with E-state index in [0.29, 0.717) is 36.1 Å². The smallest absolute Gasteiger partial charge is 0.329 e. The molecule has 2 aromatic heterocycles. The highest BCUT2D eigenvalue weighted by atomic mass is 16.2. The molecule has 0 aromatic carbocycles. The van der Waals surface area contributed by atoms with Gasteiger partial charge in [-0.3, -0.25) is 19.1 Å². The van der Waals surface area contributed by atoms with Crippen LogP contribution in [0.5, 0.6) is 0 Å². The number of aryl methyl sites for hydroxylation is 1. The number of nitrogens with zero attached hydrogens (tertiary/aromatic N) is 2. The maximum absolute atomic E-state index is 13.2. The predicted octanol–water partition coefficient (Wildman–Crippen LogP) is 1.10. The van der Waals surface area contributed by atoms with E-state index in [-0.39, 0.29) is 17.3 Å². The number of rotatable bonds is 5. The molecule has 2 fully saturated rings. The summed E-state index contributed by atoms with van der Waals surface area (Å²) in [5.41, 5.74) is 0.400. The Bertz CT molecular complexity index is 1020. The van der Waals surface area contributed by atoms with Gasteiger partial charge in [0.15, 0.2) is 5.65 Å². The van der Waals surface area contributed by atoms with Crippen LogP contribution in [0.1, 0.15) is 61.5 Å². The highest BCUT2D eigenvalue weighted by Gasteiger charge is 2.30. The Morgan fingerprint density at radius 2 is 2.11 bits per heavy atom. The molecule has 0 spiro atoms. The second-order valence-electron chi connectivity index (χ2n) is 8.03. The highest BCUT2D eigenvalue weighted by Crippen LogP contribution is 2.39. The lowest BCUT2D eigenvalue weighted by Crippen LogP contribution is -2.50. The Hall–Kier alpha value is -2.48. The number of pyridine rings is 1. The predicted molar refractivity (Wildman–Crippen MR) is 107 cm³/mol. The molecule has 1 amide bonds. The number of fused-ring (bicyclic) bond motifs is 1. The molecular weight excluding hydrogens is 358 g/mol. The third kappa shape index (κ3) is 3.48. The zero-order valence-electron chi connectivity index (χ0n) is 16.4. The standard InChI is InChI=1S/C20H27N5O3/c1-3-8-25-17-16(19(27)24-20(25)28)13(9-14(22-17)12-4-5-12)18(26)23-15-10-21-7-6-11(15)2/h9,11-12,15,21H,3-8,10H2,1-2H3,(H,23,26)(H,24,27,28). The average Bonchev–Trinajstić information content (AvgIpc) is 3.51. The van der Waals surface area contributed by atoms with Gasteiger partial charge in [0, 0.05) is 30.7 Å². The summed E-state index contributed by atoms with van der Waals surface area (Å²) in [5, 5.41) is 6.59. The number of H-pyrrole nitrogens is 1. The Kier molecular flexibility index (Phi) is 5.05. The molecular formula is C20H27N5O3. The lowest BCUT2D eigenvalue weighted by Gasteiger charge is -2.30. The molecule has 2 aromatic rings. The quantitative estimate of drug-likeness (QED) is 0.714. The minimum absolute atomic E-state index is 0.00877. The molecule has 0 bridgehead atoms. The number of aromatic amines is 1. The summed E-state index contributed by atoms with van der Waals surface area (Å²) in [6, 6.07) is 1.75. The van der Waals surface area contributed by atoms with Crippen molar-refractivity contribution < 1.29 is 4.79 Å². The fourth-order valence-corrected chi connectivity index (χ4v) is 3.92. The highest BCUT2D eigenvalue weighted by molar-refractivity contribution is 6.05. The summed E-state index contributed by atoms with van der Waals surface area (Å²) in [7, 11) is 0. The van der Waals surface area contributed by atoms with Gasteiger partial charge in [-0.2, -0.15) is 0 Å². The first-order chi connectivity index (χ1) is 13.5. The van der Waals surface area contributed by atoms with E-state index in [1.54, 1.807) is 6.07 Å². The number of aromatic nitrogens is 3. The SMILES string of the molecule is CCCn1c(=O)[nH]c(=O)c2c(C(=O)NC3CNCCC3C)cc(C3CC3)nc21. The average molecular weight is 385 g/mol. The fraction of sp³-hybridized carbons (Fsp3) is 0.600. The third-order valence-electron chi connectivity index (χ3n) is 5.80. The normalized spacial score (nSPS) is 22.4. The van der Waals surface area contributed by atoms with Gasteiger partial charge in [0.25, 0.3) is 11.5 Å². The Labute approximate surface area is 162 Å². The van der Waals surface area contributed by atoms with Crippen LogP contribution in [0.2, 0.25) is 0 Å². The van der Waals surface area contributed by atoms with Gasteiger partial charge in [-0.25, -0.2) is 9.78 Å². The van der Waals surface area contributed by atoms with Crippen molar-refractivity contribution in [3.05, 3.63) is 38.2 Å². The van der Waals surface area contributed by atoms with E-state index in [4.69, 9.17) is 0 Å². The van der Waals surface area contributed by atoms with E-state index in [0.717, 1.165) is 37.9 Å². The van der Waals surface area contributed by atoms with Gasteiger partial charge in [-0.15, -0.1) is 0 Å². The first kappa shape index (κ1) is 18.9. The Balaban J connectivity index is 1.84. The Morgan fingerprint density at radius 3 is 2.79 bits per heavy atom. The molecule has 3 N–H and O–H groups in total. The molecule has 28 heavy (non-hydrogen) atoms. The summed E-state index contributed by atoms with van der Waals surface area (Å²) in [5.74, 6) is 0.385. The summed E-state index contributed by atoms with van der Waals surface area (Å²) < 4.78 is 1.48. The zero-order chi connectivity index (χ0) is 19.8. The number of hydrogen-bond acceptors (Lipinski definition) is 5. The molecule has 1 aliphatic heterocycles. The molecule has 2 atom stereocenters. The molecule has 1 saturated carbocycles. The molecule has 3 heterocycles. The van der Waals surface area contributed by atoms with Crippen LogP contribution in [0, 0.1) is 5.92 Å². The number of carbonyl (C=O) groups is 1. The van der Waals surface area contributed by atoms with Crippen LogP contribution >= 0.6 is 0 Å². The van der Waals surface area contributed by atoms with E-state index in [1.807, 2.05) is 6.92 Å². The summed E-state index contributed by atoms with van der Waals surface area (Å²) in [4.78, 5) is 45.1. The third-order valence-corrected chi connectivity index (χ3v) is 5.80. The van der Waals surface area contributed by atoms with Crippen LogP contribution in [0.3, 0.4) is 0 Å². The largest absolute Gasteiger partial charge is 0.348 e. The van der Waals surface area contributed by atoms with Crippen LogP contribution in [-0.2, 0) is 6.54 Å². The molecule has 4 rings (SSSR count). The van der Waals surface area contributed by atoms with Gasteiger partial charge < -0.3 is 10.6 Å². The van der Waals surface area contributed by atoms with Crippen LogP contribution in [-0.4, -0.2) is 39.6 Å². The molecule has 1 aliphatic carbocycles. The van der Waals surface area contributed by atoms with E-state index >= 15 is 0 Å². The lowest BCUT2D eigenvalue weighted by atomic mass is 9.94. The van der Waals surface area contributed by atoms with Gasteiger partial charge >= 0.3 is 5.69 Å². The van der Waals surface area contributed by atoms with Crippen molar-refractivity contribution in [3.8, 4) is 0 Å². The maximum atomic E-state index is 13.2. The summed E-state index contributed by atoms with van der Waals surface area (Å²) in [6.07, 6.45) is 3.75. The van der Waals surface area contributed by atoms with Gasteiger partial charge in [-0.1, -0.05) is 13.8 Å². The van der Waals surface area contributed by atoms with Crippen molar-refractivity contribution in [1.29, 1.82) is 0 Å². The topological polar surface area (TPSA) is 109 Å². The molecule has 0 radical (unpaired) electrons.